The van der Waals surface area contributed by atoms with Crippen molar-refractivity contribution in [3.05, 3.63) is 22.4 Å². The number of carbonyl (C=O) groups excluding carboxylic acids is 4. The largest absolute Gasteiger partial charge is 0.334 e. The summed E-state index contributed by atoms with van der Waals surface area (Å²) in [5.74, 6) is -2.22. The van der Waals surface area contributed by atoms with E-state index in [0.29, 0.717) is 14.7 Å². The third-order valence-corrected chi connectivity index (χ3v) is 3.26. The lowest BCUT2D eigenvalue weighted by atomic mass is 10.3. The van der Waals surface area contributed by atoms with Gasteiger partial charge in [0.25, 0.3) is 0 Å². The molecule has 0 saturated carbocycles. The third kappa shape index (κ3) is 1.84. The van der Waals surface area contributed by atoms with E-state index < -0.39 is 24.4 Å². The maximum Gasteiger partial charge on any atom is 0.334 e. The van der Waals surface area contributed by atoms with E-state index >= 15 is 0 Å². The molecule has 1 saturated heterocycles. The Bertz CT molecular complexity index is 508. The second-order valence-electron chi connectivity index (χ2n) is 3.44. The van der Waals surface area contributed by atoms with Gasteiger partial charge < -0.3 is 0 Å². The van der Waals surface area contributed by atoms with Crippen LogP contribution in [0, 0.1) is 0 Å². The first-order chi connectivity index (χ1) is 8.02. The number of rotatable bonds is 3. The Hall–Kier alpha value is -2.02. The molecule has 6 nitrogen and oxygen atoms in total. The van der Waals surface area contributed by atoms with Crippen molar-refractivity contribution in [3.63, 3.8) is 0 Å². The highest BCUT2D eigenvalue weighted by Crippen LogP contribution is 2.14. The quantitative estimate of drug-likeness (QED) is 0.442. The molecule has 17 heavy (non-hydrogen) atoms. The van der Waals surface area contributed by atoms with Gasteiger partial charge in [-0.3, -0.25) is 19.3 Å². The summed E-state index contributed by atoms with van der Waals surface area (Å²) in [6.45, 7) is -0.395. The van der Waals surface area contributed by atoms with Gasteiger partial charge in [-0.1, -0.05) is 6.07 Å². The van der Waals surface area contributed by atoms with Crippen molar-refractivity contribution in [1.82, 2.24) is 9.80 Å². The van der Waals surface area contributed by atoms with Crippen molar-refractivity contribution in [1.29, 1.82) is 0 Å². The van der Waals surface area contributed by atoms with E-state index in [1.807, 2.05) is 0 Å². The summed E-state index contributed by atoms with van der Waals surface area (Å²) in [5, 5.41) is 1.72. The van der Waals surface area contributed by atoms with E-state index in [2.05, 4.69) is 0 Å². The molecule has 4 amide bonds. The standard InChI is InChI=1S/C10H8N2O4S/c1-11-8(14)9(15)12(10(11)16)5-6(13)7-3-2-4-17-7/h2-4H,5H2,1H3. The number of ketones is 1. The Morgan fingerprint density at radius 3 is 2.47 bits per heavy atom. The Morgan fingerprint density at radius 1 is 1.29 bits per heavy atom. The average molecular weight is 252 g/mol. The highest BCUT2D eigenvalue weighted by Gasteiger charge is 2.43. The summed E-state index contributed by atoms with van der Waals surface area (Å²) in [7, 11) is 1.21. The molecule has 0 aliphatic carbocycles. The molecule has 0 unspecified atom stereocenters. The Kier molecular flexibility index (Phi) is 2.76. The maximum atomic E-state index is 11.7. The van der Waals surface area contributed by atoms with Crippen molar-refractivity contribution in [2.24, 2.45) is 0 Å². The second kappa shape index (κ2) is 4.10. The fraction of sp³-hybridized carbons (Fsp3) is 0.200. The summed E-state index contributed by atoms with van der Waals surface area (Å²) in [4.78, 5) is 47.6. The lowest BCUT2D eigenvalue weighted by Gasteiger charge is -2.10. The van der Waals surface area contributed by atoms with Crippen molar-refractivity contribution in [3.8, 4) is 0 Å². The molecule has 1 aromatic heterocycles. The van der Waals surface area contributed by atoms with Crippen LogP contribution in [0.5, 0.6) is 0 Å². The molecule has 1 aromatic rings. The highest BCUT2D eigenvalue weighted by atomic mass is 32.1. The summed E-state index contributed by atoms with van der Waals surface area (Å²) >= 11 is 1.22. The summed E-state index contributed by atoms with van der Waals surface area (Å²) < 4.78 is 0. The van der Waals surface area contributed by atoms with Crippen LogP contribution in [-0.4, -0.2) is 47.0 Å². The molecule has 1 fully saturated rings. The molecular weight excluding hydrogens is 244 g/mol. The highest BCUT2D eigenvalue weighted by molar-refractivity contribution is 7.12. The number of urea groups is 1. The maximum absolute atomic E-state index is 11.7. The zero-order chi connectivity index (χ0) is 12.6. The minimum Gasteiger partial charge on any atom is -0.291 e. The van der Waals surface area contributed by atoms with Crippen molar-refractivity contribution < 1.29 is 19.2 Å². The fourth-order valence-electron chi connectivity index (χ4n) is 1.41. The van der Waals surface area contributed by atoms with Crippen LogP contribution in [0.25, 0.3) is 0 Å². The number of nitrogens with zero attached hydrogens (tertiary/aromatic N) is 2. The first kappa shape index (κ1) is 11.5. The SMILES string of the molecule is CN1C(=O)C(=O)N(CC(=O)c2cccs2)C1=O. The number of amides is 4. The molecule has 0 radical (unpaired) electrons. The van der Waals surface area contributed by atoms with Crippen LogP contribution in [0.1, 0.15) is 9.67 Å². The molecule has 0 spiro atoms. The van der Waals surface area contributed by atoms with Gasteiger partial charge >= 0.3 is 17.8 Å². The molecule has 0 N–H and O–H groups in total. The zero-order valence-electron chi connectivity index (χ0n) is 8.87. The molecule has 2 heterocycles. The van der Waals surface area contributed by atoms with Crippen LogP contribution >= 0.6 is 11.3 Å². The van der Waals surface area contributed by atoms with Gasteiger partial charge in [-0.05, 0) is 11.4 Å². The van der Waals surface area contributed by atoms with Gasteiger partial charge in [0.2, 0.25) is 0 Å². The summed E-state index contributed by atoms with van der Waals surface area (Å²) in [6.07, 6.45) is 0. The van der Waals surface area contributed by atoms with Crippen LogP contribution in [0.15, 0.2) is 17.5 Å². The minimum absolute atomic E-state index is 0.357. The smallest absolute Gasteiger partial charge is 0.291 e. The van der Waals surface area contributed by atoms with Crippen molar-refractivity contribution in [2.75, 3.05) is 13.6 Å². The van der Waals surface area contributed by atoms with E-state index in [0.717, 1.165) is 0 Å². The Morgan fingerprint density at radius 2 is 2.00 bits per heavy atom. The van der Waals surface area contributed by atoms with Gasteiger partial charge in [0.15, 0.2) is 5.78 Å². The fourth-order valence-corrected chi connectivity index (χ4v) is 2.07. The van der Waals surface area contributed by atoms with E-state index in [1.54, 1.807) is 17.5 Å². The molecular formula is C10H8N2O4S. The van der Waals surface area contributed by atoms with E-state index in [1.165, 1.54) is 18.4 Å². The van der Waals surface area contributed by atoms with E-state index in [-0.39, 0.29) is 5.78 Å². The van der Waals surface area contributed by atoms with E-state index in [9.17, 15) is 19.2 Å². The zero-order valence-corrected chi connectivity index (χ0v) is 9.69. The van der Waals surface area contributed by atoms with Gasteiger partial charge in [-0.15, -0.1) is 11.3 Å². The van der Waals surface area contributed by atoms with Crippen molar-refractivity contribution >= 4 is 35.0 Å². The van der Waals surface area contributed by atoms with Crippen LogP contribution < -0.4 is 0 Å². The molecule has 0 bridgehead atoms. The second-order valence-corrected chi connectivity index (χ2v) is 4.39. The third-order valence-electron chi connectivity index (χ3n) is 2.35. The van der Waals surface area contributed by atoms with Crippen LogP contribution in [-0.2, 0) is 9.59 Å². The summed E-state index contributed by atoms with van der Waals surface area (Å²) in [5.41, 5.74) is 0. The summed E-state index contributed by atoms with van der Waals surface area (Å²) in [6, 6.07) is 2.54. The molecule has 2 rings (SSSR count). The number of thiophene rings is 1. The monoisotopic (exact) mass is 252 g/mol. The number of imide groups is 2. The molecule has 0 aromatic carbocycles. The van der Waals surface area contributed by atoms with Gasteiger partial charge in [0.05, 0.1) is 11.4 Å². The molecule has 1 aliphatic heterocycles. The Balaban J connectivity index is 2.15. The molecule has 7 heteroatoms. The van der Waals surface area contributed by atoms with E-state index in [4.69, 9.17) is 0 Å². The number of likely N-dealkylation sites (N-methyl/N-ethyl adjacent to an activating group) is 1. The minimum atomic E-state index is -0.956. The number of carbonyl (C=O) groups is 4. The van der Waals surface area contributed by atoms with Gasteiger partial charge in [0.1, 0.15) is 0 Å². The van der Waals surface area contributed by atoms with Crippen LogP contribution in [0.3, 0.4) is 0 Å². The predicted molar refractivity (Wildman–Crippen MR) is 58.5 cm³/mol. The lowest BCUT2D eigenvalue weighted by molar-refractivity contribution is -0.142. The Labute approximate surface area is 100 Å². The lowest BCUT2D eigenvalue weighted by Crippen LogP contribution is -2.36. The van der Waals surface area contributed by atoms with Gasteiger partial charge in [-0.25, -0.2) is 9.69 Å². The first-order valence-electron chi connectivity index (χ1n) is 4.72. The topological polar surface area (TPSA) is 74.8 Å². The molecule has 0 atom stereocenters. The van der Waals surface area contributed by atoms with Crippen molar-refractivity contribution in [2.45, 2.75) is 0 Å². The average Bonchev–Trinajstić information content (AvgIpc) is 2.90. The van der Waals surface area contributed by atoms with Crippen LogP contribution in [0.2, 0.25) is 0 Å². The number of hydrogen-bond acceptors (Lipinski definition) is 5. The first-order valence-corrected chi connectivity index (χ1v) is 5.60. The molecule has 1 aliphatic rings. The van der Waals surface area contributed by atoms with Gasteiger partial charge in [-0.2, -0.15) is 0 Å². The van der Waals surface area contributed by atoms with Crippen LogP contribution in [0.4, 0.5) is 4.79 Å². The number of Topliss-reactive ketones (excluding diaryl/α,β-unsaturated/α-hetero) is 1. The number of hydrogen-bond donors (Lipinski definition) is 0. The van der Waals surface area contributed by atoms with Gasteiger partial charge in [0, 0.05) is 7.05 Å². The molecule has 88 valence electrons. The predicted octanol–water partition coefficient (Wildman–Crippen LogP) is 0.351. The normalized spacial score (nSPS) is 15.9.